The molecule has 0 rings (SSSR count). The van der Waals surface area contributed by atoms with Crippen LogP contribution in [0.4, 0.5) is 0 Å². The highest BCUT2D eigenvalue weighted by Crippen LogP contribution is 1.78. The van der Waals surface area contributed by atoms with Gasteiger partial charge in [0.1, 0.15) is 0 Å². The molecule has 0 saturated heterocycles. The summed E-state index contributed by atoms with van der Waals surface area (Å²) in [6.07, 6.45) is 0. The summed E-state index contributed by atoms with van der Waals surface area (Å²) in [5.41, 5.74) is 0. The number of nitrogens with zero attached hydrogens (tertiary/aromatic N) is 1. The predicted octanol–water partition coefficient (Wildman–Crippen LogP) is 0.585. The Morgan fingerprint density at radius 3 is 2.50 bits per heavy atom. The first kappa shape index (κ1) is 7.92. The van der Waals surface area contributed by atoms with E-state index >= 15 is 0 Å². The number of ether oxygens (including phenoxy) is 1. The Labute approximate surface area is 51.4 Å². The van der Waals surface area contributed by atoms with Crippen LogP contribution in [0, 0.1) is 0 Å². The smallest absolute Gasteiger partial charge is 0.0589 e. The topological polar surface area (TPSA) is 12.5 Å². The van der Waals surface area contributed by atoms with Crippen LogP contribution < -0.4 is 0 Å². The minimum Gasteiger partial charge on any atom is -0.383 e. The summed E-state index contributed by atoms with van der Waals surface area (Å²) in [7, 11) is 3.81. The maximum Gasteiger partial charge on any atom is 0.0589 e. The van der Waals surface area contributed by atoms with E-state index in [1.165, 1.54) is 0 Å². The Kier molecular flexibility index (Phi) is 5.01. The summed E-state index contributed by atoms with van der Waals surface area (Å²) >= 11 is 0. The van der Waals surface area contributed by atoms with Gasteiger partial charge >= 0.3 is 0 Å². The molecule has 0 saturated carbocycles. The maximum absolute atomic E-state index is 4.87. The predicted molar refractivity (Wildman–Crippen MR) is 35.0 cm³/mol. The lowest BCUT2D eigenvalue weighted by atomic mass is 10.5. The van der Waals surface area contributed by atoms with Crippen molar-refractivity contribution in [3.63, 3.8) is 0 Å². The Morgan fingerprint density at radius 1 is 1.50 bits per heavy atom. The Hall–Kier alpha value is -0.0800. The Bertz CT molecular complexity index is 47.8. The third-order valence-corrected chi connectivity index (χ3v) is 1.22. The molecule has 0 radical (unpaired) electrons. The highest BCUT2D eigenvalue weighted by molar-refractivity contribution is 4.42. The van der Waals surface area contributed by atoms with Gasteiger partial charge in [0, 0.05) is 13.7 Å². The molecular weight excluding hydrogens is 102 g/mol. The van der Waals surface area contributed by atoms with Crippen molar-refractivity contribution in [1.29, 1.82) is 0 Å². The molecule has 0 aliphatic heterocycles. The van der Waals surface area contributed by atoms with E-state index in [2.05, 4.69) is 18.9 Å². The van der Waals surface area contributed by atoms with Crippen LogP contribution in [0.3, 0.4) is 0 Å². The van der Waals surface area contributed by atoms with Gasteiger partial charge in [-0.3, -0.25) is 0 Å². The van der Waals surface area contributed by atoms with Gasteiger partial charge in [-0.05, 0) is 13.6 Å². The summed E-state index contributed by atoms with van der Waals surface area (Å²) in [5.74, 6) is 0. The van der Waals surface area contributed by atoms with Gasteiger partial charge in [0.2, 0.25) is 0 Å². The number of likely N-dealkylation sites (N-methyl/N-ethyl adjacent to an activating group) is 1. The zero-order valence-electron chi connectivity index (χ0n) is 5.98. The zero-order chi connectivity index (χ0) is 6.41. The van der Waals surface area contributed by atoms with Crippen LogP contribution in [-0.4, -0.2) is 38.8 Å². The lowest BCUT2D eigenvalue weighted by molar-refractivity contribution is 0.164. The van der Waals surface area contributed by atoms with E-state index in [0.717, 1.165) is 19.7 Å². The fraction of sp³-hybridized carbons (Fsp3) is 1.00. The quantitative estimate of drug-likeness (QED) is 0.534. The van der Waals surface area contributed by atoms with Crippen molar-refractivity contribution >= 4 is 0 Å². The van der Waals surface area contributed by atoms with Gasteiger partial charge in [0.05, 0.1) is 6.61 Å². The second-order valence-corrected chi connectivity index (χ2v) is 1.89. The third kappa shape index (κ3) is 4.09. The lowest BCUT2D eigenvalue weighted by Crippen LogP contribution is -2.21. The van der Waals surface area contributed by atoms with Gasteiger partial charge in [0.25, 0.3) is 0 Å². The molecule has 0 aromatic rings. The molecule has 0 spiro atoms. The maximum atomic E-state index is 4.87. The van der Waals surface area contributed by atoms with E-state index in [1.807, 2.05) is 0 Å². The minimum absolute atomic E-state index is 0.838. The average molecular weight is 117 g/mol. The fourth-order valence-electron chi connectivity index (χ4n) is 0.405. The van der Waals surface area contributed by atoms with E-state index in [-0.39, 0.29) is 0 Å². The molecule has 0 amide bonds. The summed E-state index contributed by atoms with van der Waals surface area (Å²) in [5, 5.41) is 0. The van der Waals surface area contributed by atoms with Crippen LogP contribution in [-0.2, 0) is 4.74 Å². The first-order chi connectivity index (χ1) is 3.81. The van der Waals surface area contributed by atoms with Gasteiger partial charge < -0.3 is 9.64 Å². The summed E-state index contributed by atoms with van der Waals surface area (Å²) < 4.78 is 4.87. The highest BCUT2D eigenvalue weighted by Gasteiger charge is 1.89. The molecule has 0 aliphatic carbocycles. The molecule has 0 aliphatic rings. The van der Waals surface area contributed by atoms with Crippen molar-refractivity contribution in [1.82, 2.24) is 4.90 Å². The molecule has 0 atom stereocenters. The van der Waals surface area contributed by atoms with Crippen LogP contribution in [0.5, 0.6) is 0 Å². The van der Waals surface area contributed by atoms with Crippen molar-refractivity contribution < 1.29 is 4.74 Å². The second-order valence-electron chi connectivity index (χ2n) is 1.89. The van der Waals surface area contributed by atoms with E-state index in [9.17, 15) is 0 Å². The van der Waals surface area contributed by atoms with E-state index in [1.54, 1.807) is 7.11 Å². The standard InChI is InChI=1S/C6H15NO/c1-4-7(2)5-6-8-3/h4-6H2,1-3H3. The summed E-state index contributed by atoms with van der Waals surface area (Å²) in [6.45, 7) is 5.11. The monoisotopic (exact) mass is 117 g/mol. The largest absolute Gasteiger partial charge is 0.383 e. The highest BCUT2D eigenvalue weighted by atomic mass is 16.5. The minimum atomic E-state index is 0.838. The summed E-state index contributed by atoms with van der Waals surface area (Å²) in [6, 6.07) is 0. The molecule has 0 unspecified atom stereocenters. The third-order valence-electron chi connectivity index (χ3n) is 1.22. The molecule has 8 heavy (non-hydrogen) atoms. The van der Waals surface area contributed by atoms with Crippen molar-refractivity contribution in [2.75, 3.05) is 33.9 Å². The van der Waals surface area contributed by atoms with Gasteiger partial charge in [-0.25, -0.2) is 0 Å². The van der Waals surface area contributed by atoms with Gasteiger partial charge in [0.15, 0.2) is 0 Å². The summed E-state index contributed by atoms with van der Waals surface area (Å²) in [4.78, 5) is 2.21. The second kappa shape index (κ2) is 5.06. The molecule has 0 aromatic heterocycles. The van der Waals surface area contributed by atoms with Gasteiger partial charge in [-0.2, -0.15) is 0 Å². The molecule has 0 aromatic carbocycles. The molecule has 0 N–H and O–H groups in total. The molecule has 0 fully saturated rings. The molecule has 50 valence electrons. The fourth-order valence-corrected chi connectivity index (χ4v) is 0.405. The average Bonchev–Trinajstić information content (AvgIpc) is 1.83. The van der Waals surface area contributed by atoms with Crippen molar-refractivity contribution in [3.8, 4) is 0 Å². The van der Waals surface area contributed by atoms with Crippen LogP contribution in [0.2, 0.25) is 0 Å². The van der Waals surface area contributed by atoms with Crippen molar-refractivity contribution in [2.45, 2.75) is 6.92 Å². The Morgan fingerprint density at radius 2 is 2.12 bits per heavy atom. The van der Waals surface area contributed by atoms with E-state index < -0.39 is 0 Å². The van der Waals surface area contributed by atoms with Crippen molar-refractivity contribution in [3.05, 3.63) is 0 Å². The van der Waals surface area contributed by atoms with Crippen LogP contribution in [0.1, 0.15) is 6.92 Å². The van der Waals surface area contributed by atoms with Crippen LogP contribution in [0.25, 0.3) is 0 Å². The first-order valence-electron chi connectivity index (χ1n) is 2.98. The number of hydrogen-bond acceptors (Lipinski definition) is 2. The molecule has 0 bridgehead atoms. The van der Waals surface area contributed by atoms with E-state index in [4.69, 9.17) is 4.74 Å². The molecule has 2 heteroatoms. The number of hydrogen-bond donors (Lipinski definition) is 0. The van der Waals surface area contributed by atoms with Gasteiger partial charge in [-0.1, -0.05) is 6.92 Å². The number of methoxy groups -OCH3 is 1. The zero-order valence-corrected chi connectivity index (χ0v) is 5.98. The Balaban J connectivity index is 2.86. The molecule has 2 nitrogen and oxygen atoms in total. The van der Waals surface area contributed by atoms with Crippen LogP contribution in [0.15, 0.2) is 0 Å². The van der Waals surface area contributed by atoms with Gasteiger partial charge in [-0.15, -0.1) is 0 Å². The molecule has 0 heterocycles. The normalized spacial score (nSPS) is 10.5. The SMILES string of the molecule is CCN(C)CCOC. The number of rotatable bonds is 4. The van der Waals surface area contributed by atoms with E-state index in [0.29, 0.717) is 0 Å². The van der Waals surface area contributed by atoms with Crippen LogP contribution >= 0.6 is 0 Å². The van der Waals surface area contributed by atoms with Crippen molar-refractivity contribution in [2.24, 2.45) is 0 Å². The molecular formula is C6H15NO. The first-order valence-corrected chi connectivity index (χ1v) is 2.98. The lowest BCUT2D eigenvalue weighted by Gasteiger charge is -2.11.